The van der Waals surface area contributed by atoms with Crippen molar-refractivity contribution < 1.29 is 9.53 Å². The third-order valence-corrected chi connectivity index (χ3v) is 4.28. The summed E-state index contributed by atoms with van der Waals surface area (Å²) in [7, 11) is 0. The van der Waals surface area contributed by atoms with Crippen LogP contribution in [0.1, 0.15) is 59.3 Å². The highest BCUT2D eigenvalue weighted by molar-refractivity contribution is 5.69. The summed E-state index contributed by atoms with van der Waals surface area (Å²) in [6.07, 6.45) is 6.14. The summed E-state index contributed by atoms with van der Waals surface area (Å²) < 4.78 is 5.28. The molecule has 0 aliphatic rings. The van der Waals surface area contributed by atoms with Crippen LogP contribution in [0.2, 0.25) is 0 Å². The van der Waals surface area contributed by atoms with Gasteiger partial charge in [-0.05, 0) is 19.5 Å². The molecule has 0 spiro atoms. The number of likely N-dealkylation sites (N-methyl/N-ethyl adjacent to an activating group) is 1. The zero-order valence-electron chi connectivity index (χ0n) is 16.0. The van der Waals surface area contributed by atoms with E-state index in [0.29, 0.717) is 26.1 Å². The Kier molecular flexibility index (Phi) is 16.1. The Morgan fingerprint density at radius 2 is 1.54 bits per heavy atom. The highest BCUT2D eigenvalue weighted by atomic mass is 16.5. The van der Waals surface area contributed by atoms with Gasteiger partial charge in [-0.1, -0.05) is 51.6 Å². The van der Waals surface area contributed by atoms with Gasteiger partial charge in [-0.25, -0.2) is 0 Å². The number of hydrogen-bond acceptors (Lipinski definition) is 6. The van der Waals surface area contributed by atoms with Gasteiger partial charge in [0.25, 0.3) is 0 Å². The first kappa shape index (κ1) is 23.0. The Morgan fingerprint density at radius 3 is 2.17 bits per heavy atom. The third kappa shape index (κ3) is 13.4. The van der Waals surface area contributed by atoms with Crippen LogP contribution >= 0.6 is 0 Å². The topological polar surface area (TPSA) is 62.2 Å². The predicted octanol–water partition coefficient (Wildman–Crippen LogP) is 3.30. The van der Waals surface area contributed by atoms with E-state index < -0.39 is 0 Å². The van der Waals surface area contributed by atoms with E-state index in [1.807, 2.05) is 0 Å². The second-order valence-electron chi connectivity index (χ2n) is 6.11. The minimum Gasteiger partial charge on any atom is -0.466 e. The van der Waals surface area contributed by atoms with Crippen molar-refractivity contribution in [3.63, 3.8) is 0 Å². The molecule has 0 fully saturated rings. The number of hydrogen-bond donors (Lipinski definition) is 0. The molecule has 24 heavy (non-hydrogen) atoms. The van der Waals surface area contributed by atoms with Gasteiger partial charge in [-0.2, -0.15) is 4.91 Å². The summed E-state index contributed by atoms with van der Waals surface area (Å²) >= 11 is 0. The van der Waals surface area contributed by atoms with E-state index in [-0.39, 0.29) is 12.5 Å². The van der Waals surface area contributed by atoms with E-state index in [4.69, 9.17) is 4.74 Å². The van der Waals surface area contributed by atoms with Crippen LogP contribution in [-0.2, 0) is 9.53 Å². The van der Waals surface area contributed by atoms with Gasteiger partial charge >= 0.3 is 5.97 Å². The molecule has 0 aliphatic heterocycles. The number of nitroso groups, excluding NO2 is 1. The zero-order valence-corrected chi connectivity index (χ0v) is 16.0. The summed E-state index contributed by atoms with van der Waals surface area (Å²) in [6, 6.07) is 0. The first-order chi connectivity index (χ1) is 11.7. The number of rotatable bonds is 17. The van der Waals surface area contributed by atoms with Crippen LogP contribution < -0.4 is 0 Å². The van der Waals surface area contributed by atoms with E-state index in [2.05, 4.69) is 35.7 Å². The molecule has 0 N–H and O–H groups in total. The van der Waals surface area contributed by atoms with Crippen molar-refractivity contribution in [2.45, 2.75) is 59.3 Å². The lowest BCUT2D eigenvalue weighted by molar-refractivity contribution is -0.144. The Bertz CT molecular complexity index is 310. The molecule has 0 atom stereocenters. The molecule has 0 aliphatic carbocycles. The molecular weight excluding hydrogens is 306 g/mol. The number of carbonyl (C=O) groups is 1. The fourth-order valence-electron chi connectivity index (χ4n) is 2.55. The quantitative estimate of drug-likeness (QED) is 0.230. The van der Waals surface area contributed by atoms with Crippen LogP contribution in [0, 0.1) is 4.91 Å². The predicted molar refractivity (Wildman–Crippen MR) is 99.2 cm³/mol. The van der Waals surface area contributed by atoms with Gasteiger partial charge in [0.15, 0.2) is 0 Å². The van der Waals surface area contributed by atoms with E-state index in [1.54, 1.807) is 0 Å². The standard InChI is InChI=1S/C18H37N3O3/c1-4-7-8-9-10-17-24-18(22)11-13-21(14-12-19-23)16-15-20(5-2)6-3/h4-17H2,1-3H3. The summed E-state index contributed by atoms with van der Waals surface area (Å²) in [5.74, 6) is -0.141. The Hall–Kier alpha value is -1.01. The maximum Gasteiger partial charge on any atom is 0.307 e. The van der Waals surface area contributed by atoms with Crippen molar-refractivity contribution in [1.29, 1.82) is 0 Å². The molecule has 142 valence electrons. The molecule has 0 radical (unpaired) electrons. The number of unbranched alkanes of at least 4 members (excludes halogenated alkanes) is 4. The van der Waals surface area contributed by atoms with Crippen molar-refractivity contribution in [3.8, 4) is 0 Å². The SMILES string of the molecule is CCCCCCCOC(=O)CCN(CCN=O)CCN(CC)CC. The molecular formula is C18H37N3O3. The lowest BCUT2D eigenvalue weighted by atomic mass is 10.2. The Labute approximate surface area is 147 Å². The van der Waals surface area contributed by atoms with Gasteiger partial charge in [0, 0.05) is 26.2 Å². The van der Waals surface area contributed by atoms with Crippen molar-refractivity contribution in [1.82, 2.24) is 9.80 Å². The molecule has 0 heterocycles. The Morgan fingerprint density at radius 1 is 0.875 bits per heavy atom. The average Bonchev–Trinajstić information content (AvgIpc) is 2.60. The smallest absolute Gasteiger partial charge is 0.307 e. The van der Waals surface area contributed by atoms with Gasteiger partial charge in [-0.15, -0.1) is 0 Å². The molecule has 0 aromatic heterocycles. The lowest BCUT2D eigenvalue weighted by Gasteiger charge is -2.25. The molecule has 6 heteroatoms. The maximum atomic E-state index is 11.8. The molecule has 0 saturated heterocycles. The first-order valence-electron chi connectivity index (χ1n) is 9.57. The van der Waals surface area contributed by atoms with Crippen LogP contribution in [0.3, 0.4) is 0 Å². The van der Waals surface area contributed by atoms with E-state index >= 15 is 0 Å². The van der Waals surface area contributed by atoms with E-state index in [0.717, 1.165) is 39.0 Å². The molecule has 0 rings (SSSR count). The minimum absolute atomic E-state index is 0.141. The van der Waals surface area contributed by atoms with Crippen LogP contribution in [0.4, 0.5) is 0 Å². The molecule has 0 amide bonds. The van der Waals surface area contributed by atoms with Crippen molar-refractivity contribution >= 4 is 5.97 Å². The number of esters is 1. The van der Waals surface area contributed by atoms with E-state index in [1.165, 1.54) is 19.3 Å². The van der Waals surface area contributed by atoms with Gasteiger partial charge in [0.05, 0.1) is 19.6 Å². The second-order valence-corrected chi connectivity index (χ2v) is 6.11. The number of nitrogens with zero attached hydrogens (tertiary/aromatic N) is 3. The zero-order chi connectivity index (χ0) is 18.0. The first-order valence-corrected chi connectivity index (χ1v) is 9.57. The van der Waals surface area contributed by atoms with Crippen molar-refractivity contribution in [3.05, 3.63) is 4.91 Å². The number of carbonyl (C=O) groups excluding carboxylic acids is 1. The molecule has 0 bridgehead atoms. The molecule has 6 nitrogen and oxygen atoms in total. The highest BCUT2D eigenvalue weighted by Gasteiger charge is 2.11. The maximum absolute atomic E-state index is 11.8. The van der Waals surface area contributed by atoms with Crippen LogP contribution in [0.25, 0.3) is 0 Å². The normalized spacial score (nSPS) is 11.2. The van der Waals surface area contributed by atoms with Crippen LogP contribution in [0.5, 0.6) is 0 Å². The molecule has 0 unspecified atom stereocenters. The number of ether oxygens (including phenoxy) is 1. The molecule has 0 aromatic carbocycles. The molecule has 0 aromatic rings. The summed E-state index contributed by atoms with van der Waals surface area (Å²) in [5, 5.41) is 2.93. The summed E-state index contributed by atoms with van der Waals surface area (Å²) in [6.45, 7) is 12.3. The van der Waals surface area contributed by atoms with Gasteiger partial charge < -0.3 is 9.64 Å². The second kappa shape index (κ2) is 16.8. The minimum atomic E-state index is -0.141. The van der Waals surface area contributed by atoms with Crippen molar-refractivity contribution in [2.75, 3.05) is 52.4 Å². The summed E-state index contributed by atoms with van der Waals surface area (Å²) in [5.41, 5.74) is 0. The van der Waals surface area contributed by atoms with Crippen LogP contribution in [0.15, 0.2) is 5.18 Å². The fourth-order valence-corrected chi connectivity index (χ4v) is 2.55. The molecule has 0 saturated carbocycles. The lowest BCUT2D eigenvalue weighted by Crippen LogP contribution is -2.37. The van der Waals surface area contributed by atoms with Gasteiger partial charge in [0.1, 0.15) is 0 Å². The van der Waals surface area contributed by atoms with Crippen molar-refractivity contribution in [2.24, 2.45) is 5.18 Å². The van der Waals surface area contributed by atoms with E-state index in [9.17, 15) is 9.70 Å². The largest absolute Gasteiger partial charge is 0.466 e. The monoisotopic (exact) mass is 343 g/mol. The fraction of sp³-hybridized carbons (Fsp3) is 0.944. The highest BCUT2D eigenvalue weighted by Crippen LogP contribution is 2.03. The Balaban J connectivity index is 3.93. The van der Waals surface area contributed by atoms with Gasteiger partial charge in [-0.3, -0.25) is 9.69 Å². The van der Waals surface area contributed by atoms with Gasteiger partial charge in [0.2, 0.25) is 0 Å². The summed E-state index contributed by atoms with van der Waals surface area (Å²) in [4.78, 5) is 26.6. The average molecular weight is 344 g/mol. The third-order valence-electron chi connectivity index (χ3n) is 4.28. The van der Waals surface area contributed by atoms with Crippen LogP contribution in [-0.4, -0.2) is 68.2 Å².